The Bertz CT molecular complexity index is 1030. The van der Waals surface area contributed by atoms with E-state index in [9.17, 15) is 14.4 Å². The number of nitrogens with zero attached hydrogens (tertiary/aromatic N) is 1. The molecule has 7 heteroatoms. The summed E-state index contributed by atoms with van der Waals surface area (Å²) in [4.78, 5) is 41.2. The minimum absolute atomic E-state index is 0.130. The van der Waals surface area contributed by atoms with Crippen LogP contribution >= 0.6 is 0 Å². The highest BCUT2D eigenvalue weighted by Crippen LogP contribution is 2.08. The van der Waals surface area contributed by atoms with Gasteiger partial charge in [-0.1, -0.05) is 81.5 Å². The third-order valence-electron chi connectivity index (χ3n) is 5.96. The highest BCUT2D eigenvalue weighted by atomic mass is 16.5. The van der Waals surface area contributed by atoms with Crippen LogP contribution in [0.4, 0.5) is 0 Å². The quantitative estimate of drug-likeness (QED) is 0.103. The van der Waals surface area contributed by atoms with Crippen LogP contribution in [0.15, 0.2) is 85.3 Å². The number of allylic oxidation sites excluding steroid dienone is 10. The predicted octanol–water partition coefficient (Wildman–Crippen LogP) is 6.81. The zero-order valence-corrected chi connectivity index (χ0v) is 25.3. The molecule has 1 aromatic heterocycles. The molecule has 1 rings (SSSR count). The summed E-state index contributed by atoms with van der Waals surface area (Å²) in [6.07, 6.45) is 30.8. The Morgan fingerprint density at radius 2 is 1.46 bits per heavy atom. The Morgan fingerprint density at radius 1 is 0.878 bits per heavy atom. The number of esters is 1. The molecule has 0 fully saturated rings. The van der Waals surface area contributed by atoms with Gasteiger partial charge in [0.25, 0.3) is 5.91 Å². The van der Waals surface area contributed by atoms with Crippen LogP contribution in [0.1, 0.15) is 89.4 Å². The first-order valence-electron chi connectivity index (χ1n) is 14.8. The lowest BCUT2D eigenvalue weighted by Crippen LogP contribution is -2.47. The van der Waals surface area contributed by atoms with E-state index in [2.05, 4.69) is 83.3 Å². The molecule has 0 saturated carbocycles. The third kappa shape index (κ3) is 18.3. The van der Waals surface area contributed by atoms with Crippen LogP contribution in [0.2, 0.25) is 0 Å². The summed E-state index contributed by atoms with van der Waals surface area (Å²) in [5.41, 5.74) is 0.433. The summed E-state index contributed by atoms with van der Waals surface area (Å²) in [5, 5.41) is 5.54. The summed E-state index contributed by atoms with van der Waals surface area (Å²) >= 11 is 0. The molecule has 41 heavy (non-hydrogen) atoms. The maximum atomic E-state index is 12.7. The molecule has 2 amide bonds. The van der Waals surface area contributed by atoms with Gasteiger partial charge in [-0.2, -0.15) is 0 Å². The number of carbonyl (C=O) groups excluding carboxylic acids is 3. The monoisotopic (exact) mass is 563 g/mol. The van der Waals surface area contributed by atoms with Gasteiger partial charge < -0.3 is 15.4 Å². The Labute approximate surface area is 246 Å². The number of aromatic nitrogens is 1. The van der Waals surface area contributed by atoms with Crippen molar-refractivity contribution in [2.24, 2.45) is 5.92 Å². The molecule has 2 atom stereocenters. The fraction of sp³-hybridized carbons (Fsp3) is 0.471. The molecule has 7 nitrogen and oxygen atoms in total. The van der Waals surface area contributed by atoms with E-state index in [0.717, 1.165) is 38.5 Å². The van der Waals surface area contributed by atoms with Gasteiger partial charge in [-0.3, -0.25) is 14.6 Å². The van der Waals surface area contributed by atoms with Gasteiger partial charge in [-0.05, 0) is 69.9 Å². The van der Waals surface area contributed by atoms with Crippen LogP contribution in [0.25, 0.3) is 0 Å². The Kier molecular flexibility index (Phi) is 19.8. The van der Waals surface area contributed by atoms with Crippen LogP contribution in [0.3, 0.4) is 0 Å². The van der Waals surface area contributed by atoms with Gasteiger partial charge in [0, 0.05) is 18.8 Å². The molecular weight excluding hydrogens is 514 g/mol. The second kappa shape index (κ2) is 23.0. The van der Waals surface area contributed by atoms with Crippen molar-refractivity contribution in [1.82, 2.24) is 15.6 Å². The van der Waals surface area contributed by atoms with Crippen molar-refractivity contribution in [3.8, 4) is 0 Å². The summed E-state index contributed by atoms with van der Waals surface area (Å²) in [6, 6.07) is 2.59. The summed E-state index contributed by atoms with van der Waals surface area (Å²) in [6.45, 7) is 7.72. The number of carbonyl (C=O) groups is 3. The first-order chi connectivity index (χ1) is 19.8. The van der Waals surface area contributed by atoms with Crippen LogP contribution < -0.4 is 10.6 Å². The van der Waals surface area contributed by atoms with Gasteiger partial charge >= 0.3 is 5.97 Å². The Morgan fingerprint density at radius 3 is 2.00 bits per heavy atom. The normalized spacial score (nSPS) is 13.6. The van der Waals surface area contributed by atoms with Crippen LogP contribution in [-0.2, 0) is 14.3 Å². The van der Waals surface area contributed by atoms with Gasteiger partial charge in [0.1, 0.15) is 12.1 Å². The van der Waals surface area contributed by atoms with Crippen molar-refractivity contribution in [3.05, 3.63) is 90.9 Å². The first kappa shape index (κ1) is 35.3. The van der Waals surface area contributed by atoms with Gasteiger partial charge in [0.15, 0.2) is 0 Å². The lowest BCUT2D eigenvalue weighted by molar-refractivity contribution is -0.153. The number of unbranched alkanes of at least 4 members (excludes halogenated alkanes) is 1. The van der Waals surface area contributed by atoms with Crippen molar-refractivity contribution in [3.63, 3.8) is 0 Å². The van der Waals surface area contributed by atoms with Crippen LogP contribution in [0.5, 0.6) is 0 Å². The van der Waals surface area contributed by atoms with Crippen LogP contribution in [0, 0.1) is 5.92 Å². The van der Waals surface area contributed by atoms with Crippen LogP contribution in [-0.4, -0.2) is 41.5 Å². The fourth-order valence-corrected chi connectivity index (χ4v) is 3.64. The Balaban J connectivity index is 2.23. The molecule has 2 N–H and O–H groups in total. The summed E-state index contributed by atoms with van der Waals surface area (Å²) < 4.78 is 5.49. The van der Waals surface area contributed by atoms with Gasteiger partial charge in [0.2, 0.25) is 5.91 Å². The molecule has 0 radical (unpaired) electrons. The number of nitrogens with one attached hydrogen (secondary N) is 2. The molecule has 0 aliphatic carbocycles. The molecule has 0 saturated heterocycles. The van der Waals surface area contributed by atoms with Crippen molar-refractivity contribution in [2.75, 3.05) is 6.54 Å². The lowest BCUT2D eigenvalue weighted by Gasteiger charge is -2.23. The number of hydrogen-bond donors (Lipinski definition) is 2. The van der Waals surface area contributed by atoms with Crippen molar-refractivity contribution in [2.45, 2.75) is 91.2 Å². The number of ether oxygens (including phenoxy) is 1. The molecular formula is C34H49N3O4. The fourth-order valence-electron chi connectivity index (χ4n) is 3.64. The zero-order valence-electron chi connectivity index (χ0n) is 25.3. The average molecular weight is 564 g/mol. The molecule has 224 valence electrons. The van der Waals surface area contributed by atoms with Crippen molar-refractivity contribution >= 4 is 17.8 Å². The first-order valence-corrected chi connectivity index (χ1v) is 14.8. The predicted molar refractivity (Wildman–Crippen MR) is 167 cm³/mol. The zero-order chi connectivity index (χ0) is 30.1. The van der Waals surface area contributed by atoms with E-state index in [1.54, 1.807) is 25.3 Å². The standard InChI is InChI=1S/C34H49N3O4/c1-5-6-7-8-9-10-11-12-13-14-15-16-17-18-19-20-21-24-31(38)37-32(28(2)3)34(40)41-29(4)26-36-33(39)30-23-22-25-35-27-30/h6-7,9-10,12-13,15-16,18-19,22-23,25,27-29,32H,5,8,11,14,17,20-21,24,26H2,1-4H3,(H,36,39)(H,37,38)/b7-6-,10-9-,13-12-,16-15-,19-18-/t29-,32+/m1/s1. The summed E-state index contributed by atoms with van der Waals surface area (Å²) in [7, 11) is 0. The van der Waals surface area contributed by atoms with E-state index >= 15 is 0 Å². The van der Waals surface area contributed by atoms with E-state index in [-0.39, 0.29) is 24.3 Å². The van der Waals surface area contributed by atoms with Crippen molar-refractivity contribution in [1.29, 1.82) is 0 Å². The molecule has 1 heterocycles. The van der Waals surface area contributed by atoms with Crippen molar-refractivity contribution < 1.29 is 19.1 Å². The molecule has 0 spiro atoms. The van der Waals surface area contributed by atoms with E-state index in [0.29, 0.717) is 18.4 Å². The molecule has 0 aromatic carbocycles. The van der Waals surface area contributed by atoms with E-state index in [1.807, 2.05) is 13.8 Å². The molecule has 1 aromatic rings. The smallest absolute Gasteiger partial charge is 0.329 e. The second-order valence-electron chi connectivity index (χ2n) is 10.1. The largest absolute Gasteiger partial charge is 0.459 e. The number of pyridine rings is 1. The maximum Gasteiger partial charge on any atom is 0.329 e. The lowest BCUT2D eigenvalue weighted by atomic mass is 10.0. The minimum Gasteiger partial charge on any atom is -0.459 e. The number of rotatable bonds is 20. The molecule has 0 aliphatic heterocycles. The van der Waals surface area contributed by atoms with Gasteiger partial charge in [0.05, 0.1) is 12.1 Å². The molecule has 0 unspecified atom stereocenters. The van der Waals surface area contributed by atoms with E-state index in [4.69, 9.17) is 4.74 Å². The Hall–Kier alpha value is -3.74. The van der Waals surface area contributed by atoms with E-state index < -0.39 is 18.1 Å². The molecule has 0 bridgehead atoms. The van der Waals surface area contributed by atoms with Gasteiger partial charge in [-0.15, -0.1) is 0 Å². The number of amides is 2. The van der Waals surface area contributed by atoms with E-state index in [1.165, 1.54) is 6.20 Å². The average Bonchev–Trinajstić information content (AvgIpc) is 2.96. The third-order valence-corrected chi connectivity index (χ3v) is 5.96. The highest BCUT2D eigenvalue weighted by Gasteiger charge is 2.27. The maximum absolute atomic E-state index is 12.7. The number of hydrogen-bond acceptors (Lipinski definition) is 5. The SMILES string of the molecule is CC/C=C\C/C=C\C/C=C\C/C=C\C/C=C\CCCC(=O)N[C@H](C(=O)O[C@H](C)CNC(=O)c1cccnc1)C(C)C. The second-order valence-corrected chi connectivity index (χ2v) is 10.1. The topological polar surface area (TPSA) is 97.4 Å². The van der Waals surface area contributed by atoms with Gasteiger partial charge in [-0.25, -0.2) is 4.79 Å². The molecule has 0 aliphatic rings. The highest BCUT2D eigenvalue weighted by molar-refractivity contribution is 5.93. The summed E-state index contributed by atoms with van der Waals surface area (Å²) in [5.74, 6) is -1.10. The minimum atomic E-state index is -0.743.